The SMILES string of the molecule is C=CCn1c(O)c(Cc2c[nH]c3ccccc23)[nH]c1=S. The van der Waals surface area contributed by atoms with Crippen LogP contribution in [0.25, 0.3) is 10.9 Å². The molecule has 4 nitrogen and oxygen atoms in total. The molecule has 0 bridgehead atoms. The van der Waals surface area contributed by atoms with Gasteiger partial charge in [-0.1, -0.05) is 24.3 Å². The van der Waals surface area contributed by atoms with Crippen LogP contribution in [0.1, 0.15) is 11.3 Å². The van der Waals surface area contributed by atoms with Gasteiger partial charge < -0.3 is 15.1 Å². The predicted octanol–water partition coefficient (Wildman–Crippen LogP) is 3.51. The quantitative estimate of drug-likeness (QED) is 0.507. The summed E-state index contributed by atoms with van der Waals surface area (Å²) in [5, 5.41) is 11.4. The minimum absolute atomic E-state index is 0.181. The minimum atomic E-state index is 0.181. The number of nitrogens with zero attached hydrogens (tertiary/aromatic N) is 1. The van der Waals surface area contributed by atoms with Gasteiger partial charge in [-0.25, -0.2) is 0 Å². The molecule has 0 radical (unpaired) electrons. The van der Waals surface area contributed by atoms with E-state index in [9.17, 15) is 5.11 Å². The van der Waals surface area contributed by atoms with Crippen molar-refractivity contribution < 1.29 is 5.11 Å². The molecule has 0 atom stereocenters. The summed E-state index contributed by atoms with van der Waals surface area (Å²) in [4.78, 5) is 6.30. The van der Waals surface area contributed by atoms with Crippen LogP contribution in [0.5, 0.6) is 5.88 Å². The van der Waals surface area contributed by atoms with Crippen molar-refractivity contribution in [2.75, 3.05) is 0 Å². The molecule has 0 saturated heterocycles. The number of aromatic amines is 2. The molecule has 2 aromatic heterocycles. The average Bonchev–Trinajstić information content (AvgIpc) is 2.97. The van der Waals surface area contributed by atoms with Crippen molar-refractivity contribution in [1.29, 1.82) is 0 Å². The minimum Gasteiger partial charge on any atom is -0.493 e. The zero-order chi connectivity index (χ0) is 14.1. The number of benzene rings is 1. The lowest BCUT2D eigenvalue weighted by atomic mass is 10.1. The molecular weight excluding hydrogens is 270 g/mol. The molecule has 1 aromatic carbocycles. The Labute approximate surface area is 121 Å². The van der Waals surface area contributed by atoms with E-state index in [4.69, 9.17) is 12.2 Å². The summed E-state index contributed by atoms with van der Waals surface area (Å²) in [5.41, 5.74) is 2.94. The Balaban J connectivity index is 2.01. The second-order valence-electron chi connectivity index (χ2n) is 4.67. The Morgan fingerprint density at radius 2 is 2.15 bits per heavy atom. The molecule has 0 aliphatic rings. The first-order valence-electron chi connectivity index (χ1n) is 6.37. The van der Waals surface area contributed by atoms with Gasteiger partial charge in [-0.15, -0.1) is 6.58 Å². The lowest BCUT2D eigenvalue weighted by Gasteiger charge is -2.01. The lowest BCUT2D eigenvalue weighted by Crippen LogP contribution is -1.94. The van der Waals surface area contributed by atoms with E-state index < -0.39 is 0 Å². The summed E-state index contributed by atoms with van der Waals surface area (Å²) in [5.74, 6) is 0.181. The van der Waals surface area contributed by atoms with Crippen LogP contribution in [-0.2, 0) is 13.0 Å². The van der Waals surface area contributed by atoms with Gasteiger partial charge in [0, 0.05) is 30.1 Å². The van der Waals surface area contributed by atoms with Crippen molar-refractivity contribution in [2.45, 2.75) is 13.0 Å². The number of hydrogen-bond donors (Lipinski definition) is 3. The van der Waals surface area contributed by atoms with E-state index >= 15 is 0 Å². The second-order valence-corrected chi connectivity index (χ2v) is 5.05. The molecule has 0 aliphatic heterocycles. The number of rotatable bonds is 4. The highest BCUT2D eigenvalue weighted by Crippen LogP contribution is 2.25. The van der Waals surface area contributed by atoms with Crippen LogP contribution in [0.3, 0.4) is 0 Å². The van der Waals surface area contributed by atoms with Gasteiger partial charge in [0.2, 0.25) is 5.88 Å². The Morgan fingerprint density at radius 3 is 2.95 bits per heavy atom. The lowest BCUT2D eigenvalue weighted by molar-refractivity contribution is 0.420. The number of imidazole rings is 1. The standard InChI is InChI=1S/C15H15N3OS/c1-2-7-18-14(19)13(17-15(18)20)8-10-9-16-12-6-4-3-5-11(10)12/h2-6,9,16,19H,1,7-8H2,(H,17,20). The third-order valence-electron chi connectivity index (χ3n) is 3.38. The molecule has 3 rings (SSSR count). The number of para-hydroxylation sites is 1. The fraction of sp³-hybridized carbons (Fsp3) is 0.133. The number of fused-ring (bicyclic) bond motifs is 1. The van der Waals surface area contributed by atoms with Gasteiger partial charge in [0.05, 0.1) is 5.69 Å². The Hall–Kier alpha value is -2.27. The number of aromatic hydroxyl groups is 1. The molecule has 0 aliphatic carbocycles. The van der Waals surface area contributed by atoms with E-state index in [0.717, 1.165) is 22.2 Å². The zero-order valence-corrected chi connectivity index (χ0v) is 11.7. The van der Waals surface area contributed by atoms with Crippen molar-refractivity contribution in [3.05, 3.63) is 59.1 Å². The molecular formula is C15H15N3OS. The van der Waals surface area contributed by atoms with Crippen LogP contribution in [0, 0.1) is 4.77 Å². The monoisotopic (exact) mass is 285 g/mol. The number of H-pyrrole nitrogens is 2. The molecule has 0 amide bonds. The van der Waals surface area contributed by atoms with Crippen LogP contribution < -0.4 is 0 Å². The molecule has 2 heterocycles. The normalized spacial score (nSPS) is 11.0. The fourth-order valence-electron chi connectivity index (χ4n) is 2.40. The summed E-state index contributed by atoms with van der Waals surface area (Å²) in [6.07, 6.45) is 4.27. The smallest absolute Gasteiger partial charge is 0.213 e. The van der Waals surface area contributed by atoms with Crippen molar-refractivity contribution in [3.8, 4) is 5.88 Å². The molecule has 5 heteroatoms. The number of allylic oxidation sites excluding steroid dienone is 1. The Kier molecular flexibility index (Phi) is 3.20. The van der Waals surface area contributed by atoms with Crippen molar-refractivity contribution in [1.82, 2.24) is 14.5 Å². The Morgan fingerprint density at radius 1 is 1.35 bits per heavy atom. The van der Waals surface area contributed by atoms with Crippen LogP contribution in [0.2, 0.25) is 0 Å². The average molecular weight is 285 g/mol. The van der Waals surface area contributed by atoms with Gasteiger partial charge in [0.15, 0.2) is 4.77 Å². The first kappa shape index (κ1) is 12.7. The topological polar surface area (TPSA) is 56.7 Å². The highest BCUT2D eigenvalue weighted by molar-refractivity contribution is 7.71. The van der Waals surface area contributed by atoms with E-state index in [1.54, 1.807) is 10.6 Å². The molecule has 3 aromatic rings. The molecule has 0 unspecified atom stereocenters. The van der Waals surface area contributed by atoms with E-state index in [1.165, 1.54) is 0 Å². The fourth-order valence-corrected chi connectivity index (χ4v) is 2.69. The molecule has 102 valence electrons. The highest BCUT2D eigenvalue weighted by atomic mass is 32.1. The maximum Gasteiger partial charge on any atom is 0.213 e. The maximum atomic E-state index is 10.2. The van der Waals surface area contributed by atoms with Gasteiger partial charge in [0.25, 0.3) is 0 Å². The van der Waals surface area contributed by atoms with Gasteiger partial charge in [-0.2, -0.15) is 0 Å². The van der Waals surface area contributed by atoms with Gasteiger partial charge in [-0.3, -0.25) is 4.57 Å². The van der Waals surface area contributed by atoms with E-state index in [1.807, 2.05) is 24.4 Å². The number of nitrogens with one attached hydrogen (secondary N) is 2. The number of aromatic nitrogens is 3. The molecule has 0 saturated carbocycles. The van der Waals surface area contributed by atoms with Crippen molar-refractivity contribution >= 4 is 23.1 Å². The largest absolute Gasteiger partial charge is 0.493 e. The third-order valence-corrected chi connectivity index (χ3v) is 3.70. The first-order valence-corrected chi connectivity index (χ1v) is 6.78. The van der Waals surface area contributed by atoms with Crippen molar-refractivity contribution in [2.24, 2.45) is 0 Å². The second kappa shape index (κ2) is 5.02. The summed E-state index contributed by atoms with van der Waals surface area (Å²) >= 11 is 5.21. The van der Waals surface area contributed by atoms with E-state index in [-0.39, 0.29) is 5.88 Å². The highest BCUT2D eigenvalue weighted by Gasteiger charge is 2.12. The zero-order valence-electron chi connectivity index (χ0n) is 10.9. The third kappa shape index (κ3) is 2.06. The Bertz CT molecular complexity index is 825. The molecule has 0 fully saturated rings. The van der Waals surface area contributed by atoms with E-state index in [0.29, 0.717) is 17.7 Å². The van der Waals surface area contributed by atoms with Crippen LogP contribution in [0.15, 0.2) is 43.1 Å². The van der Waals surface area contributed by atoms with E-state index in [2.05, 4.69) is 22.6 Å². The summed E-state index contributed by atoms with van der Waals surface area (Å²) in [6.45, 7) is 4.16. The summed E-state index contributed by atoms with van der Waals surface area (Å²) in [6, 6.07) is 8.09. The predicted molar refractivity (Wildman–Crippen MR) is 82.6 cm³/mol. The number of hydrogen-bond acceptors (Lipinski definition) is 2. The molecule has 3 N–H and O–H groups in total. The van der Waals surface area contributed by atoms with Crippen LogP contribution in [0.4, 0.5) is 0 Å². The van der Waals surface area contributed by atoms with Crippen LogP contribution in [-0.4, -0.2) is 19.6 Å². The molecule has 20 heavy (non-hydrogen) atoms. The molecule has 0 spiro atoms. The van der Waals surface area contributed by atoms with Gasteiger partial charge in [-0.05, 0) is 23.8 Å². The first-order chi connectivity index (χ1) is 9.70. The summed E-state index contributed by atoms with van der Waals surface area (Å²) < 4.78 is 2.14. The van der Waals surface area contributed by atoms with Gasteiger partial charge >= 0.3 is 0 Å². The van der Waals surface area contributed by atoms with Crippen molar-refractivity contribution in [3.63, 3.8) is 0 Å². The maximum absolute atomic E-state index is 10.2. The van der Waals surface area contributed by atoms with Crippen LogP contribution >= 0.6 is 12.2 Å². The summed E-state index contributed by atoms with van der Waals surface area (Å²) in [7, 11) is 0. The van der Waals surface area contributed by atoms with Gasteiger partial charge in [0.1, 0.15) is 0 Å².